The molecule has 3 N–H and O–H groups in total. The zero-order valence-corrected chi connectivity index (χ0v) is 14.6. The minimum absolute atomic E-state index is 0.01000. The average molecular weight is 371 g/mol. The number of carbonyl (C=O) groups excluding carboxylic acids is 3. The number of rotatable bonds is 5. The second-order valence-corrected chi connectivity index (χ2v) is 6.07. The number of fused-ring (bicyclic) bond motifs is 1. The van der Waals surface area contributed by atoms with Gasteiger partial charge in [-0.25, -0.2) is 4.39 Å². The Morgan fingerprint density at radius 3 is 2.74 bits per heavy atom. The van der Waals surface area contributed by atoms with Gasteiger partial charge < -0.3 is 20.7 Å². The van der Waals surface area contributed by atoms with Gasteiger partial charge in [0.1, 0.15) is 11.6 Å². The van der Waals surface area contributed by atoms with Crippen LogP contribution < -0.4 is 20.7 Å². The second-order valence-electron chi connectivity index (χ2n) is 6.07. The van der Waals surface area contributed by atoms with E-state index in [-0.39, 0.29) is 36.0 Å². The number of nitrogens with two attached hydrogens (primary N) is 1. The van der Waals surface area contributed by atoms with Crippen molar-refractivity contribution in [2.75, 3.05) is 16.8 Å². The van der Waals surface area contributed by atoms with Crippen molar-refractivity contribution in [3.8, 4) is 5.75 Å². The molecule has 1 heterocycles. The molecule has 2 aromatic rings. The number of halogens is 1. The number of para-hydroxylation sites is 2. The van der Waals surface area contributed by atoms with Crippen LogP contribution in [-0.4, -0.2) is 30.4 Å². The van der Waals surface area contributed by atoms with Gasteiger partial charge in [-0.2, -0.15) is 0 Å². The number of hydrogen-bond acceptors (Lipinski definition) is 4. The first kappa shape index (κ1) is 18.4. The largest absolute Gasteiger partial charge is 0.479 e. The zero-order valence-electron chi connectivity index (χ0n) is 14.6. The van der Waals surface area contributed by atoms with E-state index in [9.17, 15) is 18.8 Å². The number of anilines is 2. The van der Waals surface area contributed by atoms with Crippen molar-refractivity contribution in [1.29, 1.82) is 0 Å². The summed E-state index contributed by atoms with van der Waals surface area (Å²) in [5.41, 5.74) is 5.64. The van der Waals surface area contributed by atoms with Gasteiger partial charge in [-0.05, 0) is 37.3 Å². The third kappa shape index (κ3) is 3.89. The predicted octanol–water partition coefficient (Wildman–Crippen LogP) is 2.07. The second kappa shape index (κ2) is 7.45. The molecule has 1 unspecified atom stereocenters. The van der Waals surface area contributed by atoms with Gasteiger partial charge in [-0.3, -0.25) is 14.4 Å². The average Bonchev–Trinajstić information content (AvgIpc) is 2.63. The standard InChI is InChI=1S/C19H18FN3O4/c1-11-19(26)23(15-4-2-3-5-16(15)27-11)9-8-17(24)22-12-6-7-14(20)13(10-12)18(21)25/h2-7,10-11H,8-9H2,1H3,(H2,21,25)(H,22,24). The van der Waals surface area contributed by atoms with Gasteiger partial charge in [0, 0.05) is 18.7 Å². The molecule has 0 bridgehead atoms. The molecule has 0 saturated carbocycles. The highest BCUT2D eigenvalue weighted by atomic mass is 19.1. The number of nitrogens with zero attached hydrogens (tertiary/aromatic N) is 1. The molecular formula is C19H18FN3O4. The Morgan fingerprint density at radius 1 is 1.26 bits per heavy atom. The van der Waals surface area contributed by atoms with Gasteiger partial charge in [0.25, 0.3) is 11.8 Å². The van der Waals surface area contributed by atoms with Crippen LogP contribution in [-0.2, 0) is 9.59 Å². The molecule has 1 aliphatic rings. The summed E-state index contributed by atoms with van der Waals surface area (Å²) in [6.07, 6.45) is -0.631. The van der Waals surface area contributed by atoms with Crippen molar-refractivity contribution >= 4 is 29.1 Å². The van der Waals surface area contributed by atoms with Crippen LogP contribution in [0, 0.1) is 5.82 Å². The van der Waals surface area contributed by atoms with Crippen molar-refractivity contribution in [1.82, 2.24) is 0 Å². The fraction of sp³-hybridized carbons (Fsp3) is 0.211. The van der Waals surface area contributed by atoms with Gasteiger partial charge >= 0.3 is 0 Å². The Balaban J connectivity index is 1.68. The minimum Gasteiger partial charge on any atom is -0.479 e. The Labute approximate surface area is 154 Å². The van der Waals surface area contributed by atoms with Gasteiger partial charge in [-0.15, -0.1) is 0 Å². The molecule has 0 fully saturated rings. The van der Waals surface area contributed by atoms with Crippen LogP contribution in [0.5, 0.6) is 5.75 Å². The Kier molecular flexibility index (Phi) is 5.07. The summed E-state index contributed by atoms with van der Waals surface area (Å²) in [6.45, 7) is 1.80. The summed E-state index contributed by atoms with van der Waals surface area (Å²) >= 11 is 0. The lowest BCUT2D eigenvalue weighted by Crippen LogP contribution is -2.45. The van der Waals surface area contributed by atoms with Crippen molar-refractivity contribution < 1.29 is 23.5 Å². The number of amides is 3. The van der Waals surface area contributed by atoms with Gasteiger partial charge in [0.2, 0.25) is 5.91 Å². The lowest BCUT2D eigenvalue weighted by molar-refractivity contribution is -0.125. The summed E-state index contributed by atoms with van der Waals surface area (Å²) in [4.78, 5) is 37.3. The summed E-state index contributed by atoms with van der Waals surface area (Å²) < 4.78 is 19.1. The Bertz CT molecular complexity index is 916. The first-order chi connectivity index (χ1) is 12.9. The molecule has 2 aromatic carbocycles. The summed E-state index contributed by atoms with van der Waals surface area (Å²) in [7, 11) is 0. The van der Waals surface area contributed by atoms with Crippen LogP contribution in [0.4, 0.5) is 15.8 Å². The first-order valence-electron chi connectivity index (χ1n) is 8.33. The van der Waals surface area contributed by atoms with Gasteiger partial charge in [0.15, 0.2) is 6.10 Å². The van der Waals surface area contributed by atoms with E-state index < -0.39 is 17.8 Å². The molecule has 8 heteroatoms. The van der Waals surface area contributed by atoms with E-state index >= 15 is 0 Å². The number of primary amides is 1. The minimum atomic E-state index is -0.923. The summed E-state index contributed by atoms with van der Waals surface area (Å²) in [6, 6.07) is 10.6. The molecule has 1 atom stereocenters. The molecule has 0 aliphatic carbocycles. The monoisotopic (exact) mass is 371 g/mol. The van der Waals surface area contributed by atoms with Crippen molar-refractivity contribution in [2.45, 2.75) is 19.4 Å². The van der Waals surface area contributed by atoms with E-state index in [2.05, 4.69) is 5.32 Å². The smallest absolute Gasteiger partial charge is 0.267 e. The Hall–Kier alpha value is -3.42. The topological polar surface area (TPSA) is 102 Å². The van der Waals surface area contributed by atoms with Crippen molar-refractivity contribution in [2.24, 2.45) is 5.73 Å². The van der Waals surface area contributed by atoms with E-state index in [0.717, 1.165) is 6.07 Å². The molecule has 0 radical (unpaired) electrons. The quantitative estimate of drug-likeness (QED) is 0.840. The molecule has 3 amide bonds. The van der Waals surface area contributed by atoms with Crippen molar-refractivity contribution in [3.63, 3.8) is 0 Å². The number of ether oxygens (including phenoxy) is 1. The zero-order chi connectivity index (χ0) is 19.6. The molecule has 1 aliphatic heterocycles. The molecule has 0 spiro atoms. The normalized spacial score (nSPS) is 15.7. The highest BCUT2D eigenvalue weighted by molar-refractivity contribution is 6.01. The maximum absolute atomic E-state index is 13.5. The highest BCUT2D eigenvalue weighted by Crippen LogP contribution is 2.33. The Morgan fingerprint density at radius 2 is 2.00 bits per heavy atom. The number of hydrogen-bond donors (Lipinski definition) is 2. The molecule has 0 aromatic heterocycles. The molecule has 0 saturated heterocycles. The SMILES string of the molecule is CC1Oc2ccccc2N(CCC(=O)Nc2ccc(F)c(C(N)=O)c2)C1=O. The summed E-state index contributed by atoms with van der Waals surface area (Å²) in [5, 5.41) is 2.57. The maximum atomic E-state index is 13.5. The van der Waals surface area contributed by atoms with Gasteiger partial charge in [0.05, 0.1) is 11.3 Å². The number of benzene rings is 2. The van der Waals surface area contributed by atoms with E-state index in [1.807, 2.05) is 0 Å². The molecule has 7 nitrogen and oxygen atoms in total. The third-order valence-electron chi connectivity index (χ3n) is 4.15. The van der Waals surface area contributed by atoms with E-state index in [4.69, 9.17) is 10.5 Å². The van der Waals surface area contributed by atoms with Crippen LogP contribution in [0.2, 0.25) is 0 Å². The fourth-order valence-corrected chi connectivity index (χ4v) is 2.82. The lowest BCUT2D eigenvalue weighted by Gasteiger charge is -2.32. The van der Waals surface area contributed by atoms with Gasteiger partial charge in [-0.1, -0.05) is 12.1 Å². The lowest BCUT2D eigenvalue weighted by atomic mass is 10.1. The highest BCUT2D eigenvalue weighted by Gasteiger charge is 2.31. The number of nitrogens with one attached hydrogen (secondary N) is 1. The third-order valence-corrected chi connectivity index (χ3v) is 4.15. The van der Waals surface area contributed by atoms with E-state index in [0.29, 0.717) is 11.4 Å². The van der Waals surface area contributed by atoms with Crippen LogP contribution in [0.1, 0.15) is 23.7 Å². The predicted molar refractivity (Wildman–Crippen MR) is 97.0 cm³/mol. The van der Waals surface area contributed by atoms with E-state index in [1.165, 1.54) is 17.0 Å². The molecule has 140 valence electrons. The van der Waals surface area contributed by atoms with Crippen LogP contribution in [0.15, 0.2) is 42.5 Å². The summed E-state index contributed by atoms with van der Waals surface area (Å²) in [5.74, 6) is -1.73. The van der Waals surface area contributed by atoms with Crippen LogP contribution >= 0.6 is 0 Å². The van der Waals surface area contributed by atoms with E-state index in [1.54, 1.807) is 31.2 Å². The first-order valence-corrected chi connectivity index (χ1v) is 8.33. The van der Waals surface area contributed by atoms with Crippen molar-refractivity contribution in [3.05, 3.63) is 53.8 Å². The maximum Gasteiger partial charge on any atom is 0.267 e. The van der Waals surface area contributed by atoms with Crippen LogP contribution in [0.3, 0.4) is 0 Å². The number of carbonyl (C=O) groups is 3. The molecular weight excluding hydrogens is 353 g/mol. The molecule has 27 heavy (non-hydrogen) atoms. The van der Waals surface area contributed by atoms with Crippen LogP contribution in [0.25, 0.3) is 0 Å². The molecule has 3 rings (SSSR count). The fourth-order valence-electron chi connectivity index (χ4n) is 2.82.